The molecule has 0 radical (unpaired) electrons. The van der Waals surface area contributed by atoms with Gasteiger partial charge in [0.2, 0.25) is 0 Å². The molecule has 2 aromatic heterocycles. The average Bonchev–Trinajstić information content (AvgIpc) is 2.69. The number of pyridine rings is 2. The third-order valence-electron chi connectivity index (χ3n) is 4.24. The first-order valence-corrected chi connectivity index (χ1v) is 9.51. The molecule has 1 aliphatic heterocycles. The van der Waals surface area contributed by atoms with E-state index in [4.69, 9.17) is 4.74 Å². The lowest BCUT2D eigenvalue weighted by molar-refractivity contribution is 0.0162. The summed E-state index contributed by atoms with van der Waals surface area (Å²) in [5.41, 5.74) is 1.76. The van der Waals surface area contributed by atoms with Crippen LogP contribution in [0.5, 0.6) is 0 Å². The highest BCUT2D eigenvalue weighted by molar-refractivity contribution is 7.98. The maximum atomic E-state index is 12.6. The van der Waals surface area contributed by atoms with Gasteiger partial charge in [0.25, 0.3) is 5.91 Å². The fraction of sp³-hybridized carbons (Fsp3) is 0.389. The number of nitrogens with zero attached hydrogens (tertiary/aromatic N) is 3. The zero-order chi connectivity index (χ0) is 17.5. The molecule has 1 fully saturated rings. The molecular formula is C18H22N4O2S. The Morgan fingerprint density at radius 1 is 1.28 bits per heavy atom. The van der Waals surface area contributed by atoms with Crippen molar-refractivity contribution in [1.29, 1.82) is 0 Å². The molecular weight excluding hydrogens is 336 g/mol. The van der Waals surface area contributed by atoms with Crippen LogP contribution in [0, 0.1) is 0 Å². The van der Waals surface area contributed by atoms with E-state index in [0.717, 1.165) is 36.9 Å². The Balaban J connectivity index is 1.73. The predicted molar refractivity (Wildman–Crippen MR) is 97.7 cm³/mol. The summed E-state index contributed by atoms with van der Waals surface area (Å²) in [4.78, 5) is 23.3. The van der Waals surface area contributed by atoms with E-state index in [2.05, 4.69) is 20.2 Å². The van der Waals surface area contributed by atoms with Gasteiger partial charge in [0.1, 0.15) is 5.03 Å². The molecule has 1 unspecified atom stereocenters. The van der Waals surface area contributed by atoms with E-state index >= 15 is 0 Å². The lowest BCUT2D eigenvalue weighted by atomic mass is 10.1. The van der Waals surface area contributed by atoms with Crippen LogP contribution in [0.2, 0.25) is 0 Å². The first kappa shape index (κ1) is 17.8. The van der Waals surface area contributed by atoms with Crippen molar-refractivity contribution < 1.29 is 9.53 Å². The van der Waals surface area contributed by atoms with E-state index in [0.29, 0.717) is 12.1 Å². The molecule has 0 bridgehead atoms. The van der Waals surface area contributed by atoms with Crippen molar-refractivity contribution in [3.8, 4) is 0 Å². The van der Waals surface area contributed by atoms with Crippen molar-refractivity contribution in [2.24, 2.45) is 0 Å². The first-order valence-electron chi connectivity index (χ1n) is 8.28. The van der Waals surface area contributed by atoms with Gasteiger partial charge in [-0.15, -0.1) is 11.8 Å². The first-order chi connectivity index (χ1) is 12.3. The second-order valence-electron chi connectivity index (χ2n) is 5.71. The fourth-order valence-electron chi connectivity index (χ4n) is 2.94. The van der Waals surface area contributed by atoms with Crippen LogP contribution >= 0.6 is 11.8 Å². The number of hydrogen-bond donors (Lipinski definition) is 1. The predicted octanol–water partition coefficient (Wildman–Crippen LogP) is 2.00. The van der Waals surface area contributed by atoms with Crippen molar-refractivity contribution in [3.05, 3.63) is 54.0 Å². The van der Waals surface area contributed by atoms with Gasteiger partial charge in [0.15, 0.2) is 0 Å². The van der Waals surface area contributed by atoms with Gasteiger partial charge >= 0.3 is 0 Å². The fourth-order valence-corrected chi connectivity index (χ4v) is 3.49. The number of morpholine rings is 1. The summed E-state index contributed by atoms with van der Waals surface area (Å²) in [6, 6.07) is 7.71. The molecule has 1 aliphatic rings. The van der Waals surface area contributed by atoms with Gasteiger partial charge in [-0.1, -0.05) is 0 Å². The Hall–Kier alpha value is -1.96. The van der Waals surface area contributed by atoms with Crippen molar-refractivity contribution in [2.45, 2.75) is 11.1 Å². The van der Waals surface area contributed by atoms with Crippen LogP contribution in [0.3, 0.4) is 0 Å². The number of aromatic nitrogens is 2. The summed E-state index contributed by atoms with van der Waals surface area (Å²) in [6.07, 6.45) is 7.21. The molecule has 0 spiro atoms. The number of thioether (sulfide) groups is 1. The molecule has 1 amide bonds. The number of ether oxygens (including phenoxy) is 1. The number of hydrogen-bond acceptors (Lipinski definition) is 6. The smallest absolute Gasteiger partial charge is 0.254 e. The Morgan fingerprint density at radius 2 is 2.04 bits per heavy atom. The van der Waals surface area contributed by atoms with Crippen LogP contribution < -0.4 is 5.32 Å². The summed E-state index contributed by atoms with van der Waals surface area (Å²) in [6.45, 7) is 3.67. The highest BCUT2D eigenvalue weighted by Gasteiger charge is 2.23. The molecule has 1 saturated heterocycles. The summed E-state index contributed by atoms with van der Waals surface area (Å²) in [7, 11) is 0. The highest BCUT2D eigenvalue weighted by Crippen LogP contribution is 2.21. The van der Waals surface area contributed by atoms with Crippen LogP contribution in [0.15, 0.2) is 47.9 Å². The largest absolute Gasteiger partial charge is 0.379 e. The lowest BCUT2D eigenvalue weighted by Gasteiger charge is -2.34. The molecule has 1 atom stereocenters. The zero-order valence-electron chi connectivity index (χ0n) is 14.2. The molecule has 25 heavy (non-hydrogen) atoms. The van der Waals surface area contributed by atoms with Gasteiger partial charge in [-0.2, -0.15) is 0 Å². The Labute approximate surface area is 152 Å². The van der Waals surface area contributed by atoms with Crippen LogP contribution in [0.4, 0.5) is 0 Å². The van der Waals surface area contributed by atoms with E-state index in [-0.39, 0.29) is 11.9 Å². The van der Waals surface area contributed by atoms with Crippen LogP contribution in [-0.2, 0) is 4.74 Å². The van der Waals surface area contributed by atoms with Crippen LogP contribution in [-0.4, -0.2) is 59.9 Å². The molecule has 6 nitrogen and oxygen atoms in total. The molecule has 7 heteroatoms. The molecule has 3 heterocycles. The Bertz CT molecular complexity index is 692. The molecule has 132 valence electrons. The van der Waals surface area contributed by atoms with Gasteiger partial charge < -0.3 is 10.1 Å². The van der Waals surface area contributed by atoms with E-state index in [1.807, 2.05) is 24.5 Å². The number of rotatable bonds is 6. The molecule has 0 aliphatic carbocycles. The van der Waals surface area contributed by atoms with Crippen molar-refractivity contribution in [1.82, 2.24) is 20.2 Å². The maximum absolute atomic E-state index is 12.6. The monoisotopic (exact) mass is 358 g/mol. The summed E-state index contributed by atoms with van der Waals surface area (Å²) >= 11 is 1.48. The van der Waals surface area contributed by atoms with E-state index < -0.39 is 0 Å². The minimum absolute atomic E-state index is 0.0928. The summed E-state index contributed by atoms with van der Waals surface area (Å²) in [5, 5.41) is 3.82. The van der Waals surface area contributed by atoms with Crippen molar-refractivity contribution >= 4 is 17.7 Å². The summed E-state index contributed by atoms with van der Waals surface area (Å²) < 4.78 is 5.46. The molecule has 1 N–H and O–H groups in total. The number of amides is 1. The van der Waals surface area contributed by atoms with Crippen LogP contribution in [0.25, 0.3) is 0 Å². The normalized spacial score (nSPS) is 16.4. The summed E-state index contributed by atoms with van der Waals surface area (Å²) in [5.74, 6) is -0.0928. The SMILES string of the molecule is CSc1ncccc1C(=O)NCC(c1ccncc1)N1CCOCC1. The van der Waals surface area contributed by atoms with Crippen LogP contribution in [0.1, 0.15) is 22.0 Å². The molecule has 3 rings (SSSR count). The number of carbonyl (C=O) groups is 1. The van der Waals surface area contributed by atoms with Gasteiger partial charge in [0, 0.05) is 38.2 Å². The highest BCUT2D eigenvalue weighted by atomic mass is 32.2. The minimum Gasteiger partial charge on any atom is -0.379 e. The van der Waals surface area contributed by atoms with Gasteiger partial charge in [-0.25, -0.2) is 4.98 Å². The van der Waals surface area contributed by atoms with E-state index in [1.54, 1.807) is 24.7 Å². The second kappa shape index (κ2) is 8.94. The standard InChI is InChI=1S/C18H22N4O2S/c1-25-18-15(3-2-6-20-18)17(23)21-13-16(14-4-7-19-8-5-14)22-9-11-24-12-10-22/h2-8,16H,9-13H2,1H3,(H,21,23). The topological polar surface area (TPSA) is 67.4 Å². The molecule has 0 aromatic carbocycles. The second-order valence-corrected chi connectivity index (χ2v) is 6.51. The molecule has 0 saturated carbocycles. The molecule has 2 aromatic rings. The van der Waals surface area contributed by atoms with Gasteiger partial charge in [0.05, 0.1) is 24.8 Å². The van der Waals surface area contributed by atoms with Crippen molar-refractivity contribution in [3.63, 3.8) is 0 Å². The minimum atomic E-state index is -0.0928. The maximum Gasteiger partial charge on any atom is 0.254 e. The third-order valence-corrected chi connectivity index (χ3v) is 4.95. The Kier molecular flexibility index (Phi) is 6.38. The number of nitrogens with one attached hydrogen (secondary N) is 1. The zero-order valence-corrected chi connectivity index (χ0v) is 15.0. The average molecular weight is 358 g/mol. The third kappa shape index (κ3) is 4.56. The van der Waals surface area contributed by atoms with E-state index in [9.17, 15) is 4.79 Å². The van der Waals surface area contributed by atoms with Crippen molar-refractivity contribution in [2.75, 3.05) is 39.1 Å². The number of carbonyl (C=O) groups excluding carboxylic acids is 1. The lowest BCUT2D eigenvalue weighted by Crippen LogP contribution is -2.43. The quantitative estimate of drug-likeness (QED) is 0.797. The van der Waals surface area contributed by atoms with Gasteiger partial charge in [-0.3, -0.25) is 14.7 Å². The van der Waals surface area contributed by atoms with E-state index in [1.165, 1.54) is 11.8 Å². The Morgan fingerprint density at radius 3 is 2.76 bits per heavy atom. The van der Waals surface area contributed by atoms with Gasteiger partial charge in [-0.05, 0) is 36.1 Å².